The Morgan fingerprint density at radius 3 is 3.06 bits per heavy atom. The van der Waals surface area contributed by atoms with Crippen molar-refractivity contribution in [3.8, 4) is 0 Å². The summed E-state index contributed by atoms with van der Waals surface area (Å²) in [7, 11) is 0. The Morgan fingerprint density at radius 2 is 2.31 bits per heavy atom. The Kier molecular flexibility index (Phi) is 1.22. The predicted molar refractivity (Wildman–Crippen MR) is 53.6 cm³/mol. The van der Waals surface area contributed by atoms with Gasteiger partial charge in [-0.1, -0.05) is 0 Å². The van der Waals surface area contributed by atoms with E-state index in [1.807, 2.05) is 0 Å². The number of nitrogens with zero attached hydrogens (tertiary/aromatic N) is 2. The summed E-state index contributed by atoms with van der Waals surface area (Å²) in [5, 5.41) is 0. The molecule has 0 aliphatic carbocycles. The first-order chi connectivity index (χ1) is 7.71. The van der Waals surface area contributed by atoms with Gasteiger partial charge in [0, 0.05) is 6.07 Å². The lowest BCUT2D eigenvalue weighted by Gasteiger charge is -2.03. The molecule has 16 heavy (non-hydrogen) atoms. The van der Waals surface area contributed by atoms with Crippen molar-refractivity contribution in [1.29, 1.82) is 0 Å². The number of epoxide rings is 1. The molecule has 5 heteroatoms. The number of halogens is 1. The third-order valence-electron chi connectivity index (χ3n) is 3.32. The summed E-state index contributed by atoms with van der Waals surface area (Å²) in [6.45, 7) is 0.880. The van der Waals surface area contributed by atoms with Crippen LogP contribution in [0.15, 0.2) is 23.1 Å². The van der Waals surface area contributed by atoms with Crippen LogP contribution in [0.5, 0.6) is 0 Å². The van der Waals surface area contributed by atoms with Gasteiger partial charge in [-0.05, 0) is 6.07 Å². The first-order valence-corrected chi connectivity index (χ1v) is 5.04. The van der Waals surface area contributed by atoms with Gasteiger partial charge in [0.25, 0.3) is 5.56 Å². The van der Waals surface area contributed by atoms with E-state index in [4.69, 9.17) is 4.74 Å². The molecule has 2 aromatic rings. The van der Waals surface area contributed by atoms with Crippen LogP contribution >= 0.6 is 0 Å². The lowest BCUT2D eigenvalue weighted by Crippen LogP contribution is -2.19. The Balaban J connectivity index is 2.28. The van der Waals surface area contributed by atoms with Crippen LogP contribution in [-0.2, 0) is 16.9 Å². The van der Waals surface area contributed by atoms with Crippen LogP contribution in [0.4, 0.5) is 4.39 Å². The minimum Gasteiger partial charge on any atom is -0.362 e. The molecule has 2 aromatic heterocycles. The van der Waals surface area contributed by atoms with Crippen molar-refractivity contribution in [1.82, 2.24) is 9.55 Å². The first kappa shape index (κ1) is 8.41. The van der Waals surface area contributed by atoms with E-state index in [-0.39, 0.29) is 11.4 Å². The third-order valence-corrected chi connectivity index (χ3v) is 3.32. The molecule has 0 saturated carbocycles. The van der Waals surface area contributed by atoms with Gasteiger partial charge in [0.2, 0.25) is 0 Å². The zero-order valence-corrected chi connectivity index (χ0v) is 8.24. The van der Waals surface area contributed by atoms with Crippen molar-refractivity contribution in [2.24, 2.45) is 0 Å². The van der Waals surface area contributed by atoms with Gasteiger partial charge in [-0.25, -0.2) is 4.39 Å². The van der Waals surface area contributed by atoms with E-state index in [0.29, 0.717) is 29.7 Å². The lowest BCUT2D eigenvalue weighted by atomic mass is 10.0. The van der Waals surface area contributed by atoms with E-state index in [0.717, 1.165) is 0 Å². The molecular weight excluding hydrogens is 211 g/mol. The number of ether oxygens (including phenoxy) is 1. The molecule has 0 aromatic carbocycles. The van der Waals surface area contributed by atoms with E-state index in [1.54, 1.807) is 10.6 Å². The summed E-state index contributed by atoms with van der Waals surface area (Å²) in [5.41, 5.74) is 0.996. The Hall–Kier alpha value is -1.75. The van der Waals surface area contributed by atoms with Crippen LogP contribution in [0.3, 0.4) is 0 Å². The van der Waals surface area contributed by atoms with Gasteiger partial charge in [0.1, 0.15) is 11.4 Å². The zero-order valence-electron chi connectivity index (χ0n) is 8.24. The smallest absolute Gasteiger partial charge is 0.251 e. The highest BCUT2D eigenvalue weighted by Crippen LogP contribution is 2.48. The van der Waals surface area contributed by atoms with E-state index < -0.39 is 5.60 Å². The second kappa shape index (κ2) is 2.32. The summed E-state index contributed by atoms with van der Waals surface area (Å²) in [6.07, 6.45) is 1.20. The summed E-state index contributed by atoms with van der Waals surface area (Å²) >= 11 is 0. The molecule has 1 spiro atoms. The van der Waals surface area contributed by atoms with Crippen LogP contribution < -0.4 is 5.56 Å². The Labute approximate surface area is 89.3 Å². The quantitative estimate of drug-likeness (QED) is 0.614. The molecule has 4 nitrogen and oxygen atoms in total. The number of pyridine rings is 2. The minimum absolute atomic E-state index is 0.131. The van der Waals surface area contributed by atoms with Gasteiger partial charge in [-0.3, -0.25) is 9.78 Å². The molecule has 0 bridgehead atoms. The maximum absolute atomic E-state index is 13.8. The lowest BCUT2D eigenvalue weighted by molar-refractivity contribution is 0.287. The highest BCUT2D eigenvalue weighted by Gasteiger charge is 2.54. The third kappa shape index (κ3) is 0.792. The molecule has 0 amide bonds. The predicted octanol–water partition coefficient (Wildman–Crippen LogP) is 0.775. The number of hydrogen-bond acceptors (Lipinski definition) is 3. The average molecular weight is 218 g/mol. The number of hydrogen-bond donors (Lipinski definition) is 0. The molecule has 4 heterocycles. The molecule has 1 saturated heterocycles. The second-order valence-corrected chi connectivity index (χ2v) is 4.26. The van der Waals surface area contributed by atoms with Crippen molar-refractivity contribution < 1.29 is 9.13 Å². The van der Waals surface area contributed by atoms with Gasteiger partial charge in [-0.15, -0.1) is 0 Å². The zero-order chi connectivity index (χ0) is 10.9. The number of rotatable bonds is 0. The molecule has 0 N–H and O–H groups in total. The number of fused-ring (bicyclic) bond motifs is 1. The van der Waals surface area contributed by atoms with Crippen molar-refractivity contribution in [3.05, 3.63) is 40.1 Å². The van der Waals surface area contributed by atoms with E-state index in [1.165, 1.54) is 12.3 Å². The van der Waals surface area contributed by atoms with Crippen molar-refractivity contribution in [2.75, 3.05) is 6.61 Å². The fourth-order valence-electron chi connectivity index (χ4n) is 2.49. The molecule has 1 atom stereocenters. The highest BCUT2D eigenvalue weighted by molar-refractivity contribution is 5.81. The monoisotopic (exact) mass is 218 g/mol. The summed E-state index contributed by atoms with van der Waals surface area (Å²) in [6, 6.07) is 3.08. The normalized spacial score (nSPS) is 25.6. The second-order valence-electron chi connectivity index (χ2n) is 4.26. The van der Waals surface area contributed by atoms with Gasteiger partial charge < -0.3 is 9.30 Å². The molecule has 0 radical (unpaired) electrons. The summed E-state index contributed by atoms with van der Waals surface area (Å²) in [4.78, 5) is 15.7. The van der Waals surface area contributed by atoms with Gasteiger partial charge >= 0.3 is 0 Å². The van der Waals surface area contributed by atoms with Crippen LogP contribution in [0.1, 0.15) is 5.56 Å². The van der Waals surface area contributed by atoms with E-state index in [9.17, 15) is 9.18 Å². The fourth-order valence-corrected chi connectivity index (χ4v) is 2.49. The maximum atomic E-state index is 13.8. The first-order valence-electron chi connectivity index (χ1n) is 5.04. The molecule has 2 aliphatic rings. The van der Waals surface area contributed by atoms with Crippen molar-refractivity contribution in [3.63, 3.8) is 0 Å². The van der Waals surface area contributed by atoms with Crippen LogP contribution in [0, 0.1) is 5.82 Å². The fraction of sp³-hybridized carbons (Fsp3) is 0.273. The van der Waals surface area contributed by atoms with Crippen LogP contribution in [-0.4, -0.2) is 16.2 Å². The highest BCUT2D eigenvalue weighted by atomic mass is 19.1. The number of aromatic nitrogens is 2. The minimum atomic E-state index is -0.598. The molecule has 1 fully saturated rings. The SMILES string of the molecule is O=c1ccc2ncc(F)c3c2n1C[C@@]31CO1. The molecule has 80 valence electrons. The Morgan fingerprint density at radius 1 is 1.50 bits per heavy atom. The van der Waals surface area contributed by atoms with Crippen LogP contribution in [0.2, 0.25) is 0 Å². The topological polar surface area (TPSA) is 47.4 Å². The van der Waals surface area contributed by atoms with E-state index in [2.05, 4.69) is 4.98 Å². The van der Waals surface area contributed by atoms with E-state index >= 15 is 0 Å². The maximum Gasteiger partial charge on any atom is 0.251 e. The molecule has 0 unspecified atom stereocenters. The molecule has 2 aliphatic heterocycles. The summed E-state index contributed by atoms with van der Waals surface area (Å²) < 4.78 is 20.7. The standard InChI is InChI=1S/C11H7FN2O2/c12-6-3-13-7-1-2-8(15)14-4-11(5-16-11)9(6)10(7)14/h1-3H,4-5H2/t11-/m1/s1. The molecular formula is C11H7FN2O2. The van der Waals surface area contributed by atoms with Crippen molar-refractivity contribution in [2.45, 2.75) is 12.1 Å². The Bertz CT molecular complexity index is 688. The van der Waals surface area contributed by atoms with Crippen LogP contribution in [0.25, 0.3) is 11.0 Å². The molecule has 4 rings (SSSR count). The van der Waals surface area contributed by atoms with Gasteiger partial charge in [0.15, 0.2) is 0 Å². The largest absolute Gasteiger partial charge is 0.362 e. The summed E-state index contributed by atoms with van der Waals surface area (Å²) in [5.74, 6) is -0.387. The van der Waals surface area contributed by atoms with Gasteiger partial charge in [-0.2, -0.15) is 0 Å². The van der Waals surface area contributed by atoms with Gasteiger partial charge in [0.05, 0.1) is 35.9 Å². The van der Waals surface area contributed by atoms with Crippen molar-refractivity contribution >= 4 is 11.0 Å². The average Bonchev–Trinajstić information content (AvgIpc) is 2.93.